The van der Waals surface area contributed by atoms with Crippen LogP contribution in [-0.4, -0.2) is 48.6 Å². The highest BCUT2D eigenvalue weighted by Crippen LogP contribution is 2.70. The molecule has 2 aliphatic carbocycles. The minimum atomic E-state index is -0.0956. The predicted octanol–water partition coefficient (Wildman–Crippen LogP) is 1.48. The molecule has 2 N–H and O–H groups in total. The van der Waals surface area contributed by atoms with E-state index in [-0.39, 0.29) is 47.6 Å². The minimum absolute atomic E-state index is 0.0102. The van der Waals surface area contributed by atoms with Crippen LogP contribution in [0.4, 0.5) is 0 Å². The second-order valence-electron chi connectivity index (χ2n) is 8.33. The molecule has 1 spiro atoms. The van der Waals surface area contributed by atoms with Gasteiger partial charge >= 0.3 is 5.97 Å². The average molecular weight is 323 g/mol. The molecule has 5 heteroatoms. The topological polar surface area (TPSA) is 71.1 Å². The highest BCUT2D eigenvalue weighted by atomic mass is 16.6. The molecule has 2 saturated heterocycles. The predicted molar refractivity (Wildman–Crippen MR) is 84.8 cm³/mol. The number of hydrogen-bond donors (Lipinski definition) is 2. The molecular formula is C18H29NO4. The molecule has 2 aliphatic heterocycles. The van der Waals surface area contributed by atoms with Crippen LogP contribution in [0.1, 0.15) is 46.0 Å². The molecule has 0 unspecified atom stereocenters. The lowest BCUT2D eigenvalue weighted by Gasteiger charge is -2.48. The molecule has 23 heavy (non-hydrogen) atoms. The van der Waals surface area contributed by atoms with Crippen LogP contribution in [0.2, 0.25) is 0 Å². The second kappa shape index (κ2) is 5.43. The van der Waals surface area contributed by atoms with Crippen molar-refractivity contribution < 1.29 is 19.4 Å². The molecule has 4 rings (SSSR count). The van der Waals surface area contributed by atoms with Crippen molar-refractivity contribution in [2.45, 2.75) is 63.8 Å². The van der Waals surface area contributed by atoms with Gasteiger partial charge in [0.05, 0.1) is 12.0 Å². The first kappa shape index (κ1) is 15.9. The number of aliphatic hydroxyl groups excluding tert-OH is 1. The van der Waals surface area contributed by atoms with Crippen molar-refractivity contribution in [2.24, 2.45) is 23.2 Å². The van der Waals surface area contributed by atoms with Gasteiger partial charge in [-0.25, -0.2) is 0 Å². The highest BCUT2D eigenvalue weighted by molar-refractivity contribution is 5.76. The van der Waals surface area contributed by atoms with Crippen LogP contribution in [0.15, 0.2) is 0 Å². The number of fused-ring (bicyclic) bond motifs is 2. The third kappa shape index (κ3) is 2.12. The van der Waals surface area contributed by atoms with Gasteiger partial charge in [-0.2, -0.15) is 0 Å². The maximum absolute atomic E-state index is 12.4. The average Bonchev–Trinajstić information content (AvgIpc) is 3.18. The van der Waals surface area contributed by atoms with E-state index in [1.807, 2.05) is 0 Å². The first-order valence-corrected chi connectivity index (χ1v) is 9.23. The van der Waals surface area contributed by atoms with Gasteiger partial charge in [-0.15, -0.1) is 0 Å². The number of carbonyl (C=O) groups excluding carboxylic acids is 1. The fourth-order valence-corrected chi connectivity index (χ4v) is 5.93. The molecule has 4 aliphatic rings. The minimum Gasteiger partial charge on any atom is -0.462 e. The number of aliphatic hydroxyl groups is 1. The summed E-state index contributed by atoms with van der Waals surface area (Å²) in [5, 5.41) is 12.2. The molecule has 2 saturated carbocycles. The Balaban J connectivity index is 1.52. The van der Waals surface area contributed by atoms with E-state index in [0.717, 1.165) is 19.4 Å². The lowest BCUT2D eigenvalue weighted by Crippen LogP contribution is -2.54. The van der Waals surface area contributed by atoms with Gasteiger partial charge in [-0.1, -0.05) is 20.3 Å². The van der Waals surface area contributed by atoms with E-state index in [1.165, 1.54) is 19.3 Å². The van der Waals surface area contributed by atoms with Gasteiger partial charge in [0.15, 0.2) is 0 Å². The number of ether oxygens (including phenoxy) is 2. The molecule has 0 aromatic heterocycles. The van der Waals surface area contributed by atoms with Crippen LogP contribution in [0.3, 0.4) is 0 Å². The lowest BCUT2D eigenvalue weighted by atomic mass is 9.53. The molecule has 4 fully saturated rings. The van der Waals surface area contributed by atoms with Gasteiger partial charge < -0.3 is 19.9 Å². The van der Waals surface area contributed by atoms with E-state index in [4.69, 9.17) is 14.6 Å². The van der Waals surface area contributed by atoms with Crippen molar-refractivity contribution in [1.29, 1.82) is 0 Å². The van der Waals surface area contributed by atoms with E-state index in [0.29, 0.717) is 12.5 Å². The highest BCUT2D eigenvalue weighted by Gasteiger charge is 2.78. The maximum atomic E-state index is 12.4. The van der Waals surface area contributed by atoms with Crippen LogP contribution < -0.4 is 5.32 Å². The lowest BCUT2D eigenvalue weighted by molar-refractivity contribution is -0.146. The second-order valence-corrected chi connectivity index (χ2v) is 8.33. The Kier molecular flexibility index (Phi) is 3.74. The first-order chi connectivity index (χ1) is 11.0. The smallest absolute Gasteiger partial charge is 0.311 e. The van der Waals surface area contributed by atoms with Crippen molar-refractivity contribution in [3.8, 4) is 0 Å². The number of carbonyl (C=O) groups is 1. The van der Waals surface area contributed by atoms with Crippen LogP contribution in [0, 0.1) is 23.2 Å². The summed E-state index contributed by atoms with van der Waals surface area (Å²) >= 11 is 0. The summed E-state index contributed by atoms with van der Waals surface area (Å²) in [6, 6.07) is 0. The van der Waals surface area contributed by atoms with Gasteiger partial charge in [0.1, 0.15) is 11.7 Å². The molecule has 0 aromatic rings. The molecule has 0 bridgehead atoms. The number of esters is 1. The van der Waals surface area contributed by atoms with Gasteiger partial charge in [-0.05, 0) is 38.1 Å². The van der Waals surface area contributed by atoms with Crippen LogP contribution in [0.5, 0.6) is 0 Å². The zero-order valence-electron chi connectivity index (χ0n) is 14.2. The summed E-state index contributed by atoms with van der Waals surface area (Å²) < 4.78 is 12.2. The number of hydrogen-bond acceptors (Lipinski definition) is 5. The Morgan fingerprint density at radius 2 is 2.26 bits per heavy atom. The van der Waals surface area contributed by atoms with E-state index < -0.39 is 0 Å². The Hall–Kier alpha value is -0.650. The number of rotatable bonds is 5. The molecule has 130 valence electrons. The molecular weight excluding hydrogens is 294 g/mol. The Bertz CT molecular complexity index is 497. The normalized spacial score (nSPS) is 50.7. The fraction of sp³-hybridized carbons (Fsp3) is 0.944. The van der Waals surface area contributed by atoms with Gasteiger partial charge in [-0.3, -0.25) is 4.79 Å². The van der Waals surface area contributed by atoms with Crippen molar-refractivity contribution in [2.75, 3.05) is 19.7 Å². The largest absolute Gasteiger partial charge is 0.462 e. The van der Waals surface area contributed by atoms with Gasteiger partial charge in [0.25, 0.3) is 0 Å². The van der Waals surface area contributed by atoms with Gasteiger partial charge in [0, 0.05) is 24.5 Å². The summed E-state index contributed by atoms with van der Waals surface area (Å²) in [6.07, 6.45) is 5.57. The zero-order valence-corrected chi connectivity index (χ0v) is 14.2. The third-order valence-corrected chi connectivity index (χ3v) is 7.07. The summed E-state index contributed by atoms with van der Waals surface area (Å²) in [5.41, 5.74) is 0.153. The monoisotopic (exact) mass is 323 g/mol. The molecule has 7 atom stereocenters. The molecule has 0 amide bonds. The zero-order chi connectivity index (χ0) is 16.2. The number of nitrogens with one attached hydrogen (secondary N) is 1. The first-order valence-electron chi connectivity index (χ1n) is 9.23. The third-order valence-electron chi connectivity index (χ3n) is 7.07. The van der Waals surface area contributed by atoms with Crippen molar-refractivity contribution in [3.63, 3.8) is 0 Å². The summed E-state index contributed by atoms with van der Waals surface area (Å²) in [5.74, 6) is 0.627. The van der Waals surface area contributed by atoms with Crippen LogP contribution >= 0.6 is 0 Å². The van der Waals surface area contributed by atoms with E-state index in [9.17, 15) is 4.79 Å². The fourth-order valence-electron chi connectivity index (χ4n) is 5.93. The van der Waals surface area contributed by atoms with E-state index >= 15 is 0 Å². The summed E-state index contributed by atoms with van der Waals surface area (Å²) in [7, 11) is 0. The van der Waals surface area contributed by atoms with Crippen LogP contribution in [-0.2, 0) is 14.3 Å². The SMILES string of the molecule is C[C@H]1CCC[C@]2(C)C[C@H]3OC(=O)[C@H](CNCCCO)[C@H]3[C@@H]3O[C@@]132. The summed E-state index contributed by atoms with van der Waals surface area (Å²) in [6.45, 7) is 6.23. The Morgan fingerprint density at radius 3 is 3.04 bits per heavy atom. The van der Waals surface area contributed by atoms with Crippen LogP contribution in [0.25, 0.3) is 0 Å². The molecule has 2 heterocycles. The Labute approximate surface area is 138 Å². The van der Waals surface area contributed by atoms with E-state index in [1.54, 1.807) is 0 Å². The van der Waals surface area contributed by atoms with Crippen molar-refractivity contribution in [3.05, 3.63) is 0 Å². The van der Waals surface area contributed by atoms with Crippen molar-refractivity contribution >= 4 is 5.97 Å². The maximum Gasteiger partial charge on any atom is 0.311 e. The summed E-state index contributed by atoms with van der Waals surface area (Å²) in [4.78, 5) is 12.4. The molecule has 5 nitrogen and oxygen atoms in total. The van der Waals surface area contributed by atoms with Crippen molar-refractivity contribution in [1.82, 2.24) is 5.32 Å². The number of epoxide rings is 1. The van der Waals surface area contributed by atoms with Gasteiger partial charge in [0.2, 0.25) is 0 Å². The quantitative estimate of drug-likeness (QED) is 0.456. The standard InChI is InChI=1S/C18H29NO4/c1-11-5-3-6-17(2)9-13-14(15-18(11,17)23-15)12(16(21)22-13)10-19-7-4-8-20/h11-15,19-20H,3-10H2,1-2H3/t11-,12+,13+,14+,15-,17+,18-/m0/s1. The molecule has 0 aromatic carbocycles. The van der Waals surface area contributed by atoms with E-state index in [2.05, 4.69) is 19.2 Å². The Morgan fingerprint density at radius 1 is 1.43 bits per heavy atom. The molecule has 0 radical (unpaired) electrons.